The minimum Gasteiger partial charge on any atom is -0.336 e. The van der Waals surface area contributed by atoms with Crippen molar-refractivity contribution < 1.29 is 4.79 Å². The number of hydrogen-bond donors (Lipinski definition) is 0. The summed E-state index contributed by atoms with van der Waals surface area (Å²) in [6.45, 7) is 10.6. The Hall–Kier alpha value is -1.07. The van der Waals surface area contributed by atoms with Crippen LogP contribution in [0.3, 0.4) is 0 Å². The van der Waals surface area contributed by atoms with Crippen molar-refractivity contribution in [1.29, 1.82) is 0 Å². The maximum Gasteiger partial charge on any atom is 0.227 e. The molecular formula is C20H27Cl2N3O. The van der Waals surface area contributed by atoms with E-state index in [1.165, 1.54) is 12.8 Å². The van der Waals surface area contributed by atoms with E-state index in [1.807, 2.05) is 12.1 Å². The molecule has 0 N–H and O–H groups in total. The highest BCUT2D eigenvalue weighted by Gasteiger charge is 2.31. The minimum atomic E-state index is 0.172. The molecule has 3 rings (SSSR count). The molecule has 1 aromatic carbocycles. The fourth-order valence-corrected chi connectivity index (χ4v) is 4.26. The second-order valence-electron chi connectivity index (χ2n) is 7.22. The summed E-state index contributed by atoms with van der Waals surface area (Å²) >= 11 is 12.1. The molecule has 0 aliphatic carbocycles. The fourth-order valence-electron chi connectivity index (χ4n) is 3.94. The molecule has 2 fully saturated rings. The number of piperazine rings is 1. The SMILES string of the molecule is C=CCN1CCN(C(=O)Cc2ccc(Cl)c(Cl)c2)C(CN2CCCC2)C1. The number of benzene rings is 1. The average molecular weight is 396 g/mol. The molecule has 0 radical (unpaired) electrons. The molecule has 1 atom stereocenters. The van der Waals surface area contributed by atoms with Crippen molar-refractivity contribution in [2.24, 2.45) is 0 Å². The Bertz CT molecular complexity index is 646. The molecule has 1 amide bonds. The zero-order valence-corrected chi connectivity index (χ0v) is 16.7. The molecule has 4 nitrogen and oxygen atoms in total. The second kappa shape index (κ2) is 9.23. The highest BCUT2D eigenvalue weighted by atomic mass is 35.5. The number of hydrogen-bond acceptors (Lipinski definition) is 3. The van der Waals surface area contributed by atoms with Crippen molar-refractivity contribution in [2.75, 3.05) is 45.8 Å². The lowest BCUT2D eigenvalue weighted by molar-refractivity contribution is -0.135. The van der Waals surface area contributed by atoms with Gasteiger partial charge in [-0.25, -0.2) is 0 Å². The lowest BCUT2D eigenvalue weighted by Crippen LogP contribution is -2.58. The van der Waals surface area contributed by atoms with Crippen LogP contribution in [0.2, 0.25) is 10.0 Å². The molecule has 1 unspecified atom stereocenters. The Morgan fingerprint density at radius 1 is 1.12 bits per heavy atom. The van der Waals surface area contributed by atoms with Gasteiger partial charge in [-0.15, -0.1) is 6.58 Å². The van der Waals surface area contributed by atoms with Crippen LogP contribution in [-0.2, 0) is 11.2 Å². The predicted octanol–water partition coefficient (Wildman–Crippen LogP) is 3.33. The number of carbonyl (C=O) groups excluding carboxylic acids is 1. The van der Waals surface area contributed by atoms with Crippen LogP contribution in [0.5, 0.6) is 0 Å². The number of rotatable bonds is 6. The van der Waals surface area contributed by atoms with Gasteiger partial charge in [0.1, 0.15) is 0 Å². The molecule has 2 heterocycles. The molecule has 2 saturated heterocycles. The van der Waals surface area contributed by atoms with E-state index >= 15 is 0 Å². The normalized spacial score (nSPS) is 21.9. The number of halogens is 2. The summed E-state index contributed by atoms with van der Waals surface area (Å²) in [5.41, 5.74) is 0.915. The van der Waals surface area contributed by atoms with E-state index in [0.717, 1.165) is 51.4 Å². The van der Waals surface area contributed by atoms with Crippen LogP contribution >= 0.6 is 23.2 Å². The minimum absolute atomic E-state index is 0.172. The third-order valence-electron chi connectivity index (χ3n) is 5.28. The average Bonchev–Trinajstić information content (AvgIpc) is 3.12. The van der Waals surface area contributed by atoms with Gasteiger partial charge in [0.05, 0.1) is 22.5 Å². The smallest absolute Gasteiger partial charge is 0.227 e. The first-order chi connectivity index (χ1) is 12.6. The first kappa shape index (κ1) is 19.7. The zero-order valence-electron chi connectivity index (χ0n) is 15.2. The summed E-state index contributed by atoms with van der Waals surface area (Å²) in [4.78, 5) is 19.9. The van der Waals surface area contributed by atoms with Crippen LogP contribution in [0.25, 0.3) is 0 Å². The van der Waals surface area contributed by atoms with Gasteiger partial charge in [0, 0.05) is 32.7 Å². The first-order valence-corrected chi connectivity index (χ1v) is 10.1. The largest absolute Gasteiger partial charge is 0.336 e. The number of likely N-dealkylation sites (tertiary alicyclic amines) is 1. The van der Waals surface area contributed by atoms with Crippen molar-refractivity contribution in [3.05, 3.63) is 46.5 Å². The van der Waals surface area contributed by atoms with Gasteiger partial charge in [-0.2, -0.15) is 0 Å². The van der Waals surface area contributed by atoms with Crippen molar-refractivity contribution in [3.63, 3.8) is 0 Å². The third kappa shape index (κ3) is 5.01. The van der Waals surface area contributed by atoms with Gasteiger partial charge < -0.3 is 9.80 Å². The summed E-state index contributed by atoms with van der Waals surface area (Å²) in [6.07, 6.45) is 4.84. The van der Waals surface area contributed by atoms with E-state index in [4.69, 9.17) is 23.2 Å². The van der Waals surface area contributed by atoms with Gasteiger partial charge in [0.2, 0.25) is 5.91 Å². The number of nitrogens with zero attached hydrogens (tertiary/aromatic N) is 3. The highest BCUT2D eigenvalue weighted by molar-refractivity contribution is 6.42. The van der Waals surface area contributed by atoms with Crippen molar-refractivity contribution in [1.82, 2.24) is 14.7 Å². The van der Waals surface area contributed by atoms with E-state index in [9.17, 15) is 4.79 Å². The molecule has 2 aliphatic rings. The summed E-state index contributed by atoms with van der Waals surface area (Å²) in [6, 6.07) is 5.67. The van der Waals surface area contributed by atoms with Crippen LogP contribution in [0.1, 0.15) is 18.4 Å². The Morgan fingerprint density at radius 3 is 2.58 bits per heavy atom. The second-order valence-corrected chi connectivity index (χ2v) is 8.04. The van der Waals surface area contributed by atoms with E-state index < -0.39 is 0 Å². The molecule has 142 valence electrons. The molecular weight excluding hydrogens is 369 g/mol. The van der Waals surface area contributed by atoms with Crippen LogP contribution in [0.4, 0.5) is 0 Å². The highest BCUT2D eigenvalue weighted by Crippen LogP contribution is 2.23. The van der Waals surface area contributed by atoms with Crippen molar-refractivity contribution >= 4 is 29.1 Å². The van der Waals surface area contributed by atoms with Crippen LogP contribution in [-0.4, -0.2) is 72.5 Å². The van der Waals surface area contributed by atoms with E-state index in [1.54, 1.807) is 12.1 Å². The quantitative estimate of drug-likeness (QED) is 0.691. The Labute approximate surface area is 166 Å². The van der Waals surface area contributed by atoms with Crippen molar-refractivity contribution in [2.45, 2.75) is 25.3 Å². The van der Waals surface area contributed by atoms with Crippen LogP contribution in [0, 0.1) is 0 Å². The van der Waals surface area contributed by atoms with Crippen LogP contribution in [0.15, 0.2) is 30.9 Å². The monoisotopic (exact) mass is 395 g/mol. The van der Waals surface area contributed by atoms with Gasteiger partial charge in [-0.3, -0.25) is 9.69 Å². The van der Waals surface area contributed by atoms with Crippen molar-refractivity contribution in [3.8, 4) is 0 Å². The lowest BCUT2D eigenvalue weighted by atomic mass is 10.1. The maximum absolute atomic E-state index is 13.0. The lowest BCUT2D eigenvalue weighted by Gasteiger charge is -2.42. The molecule has 0 bridgehead atoms. The Balaban J connectivity index is 1.68. The fraction of sp³-hybridized carbons (Fsp3) is 0.550. The molecule has 0 spiro atoms. The molecule has 0 aromatic heterocycles. The van der Waals surface area contributed by atoms with Crippen LogP contribution < -0.4 is 0 Å². The van der Waals surface area contributed by atoms with E-state index in [2.05, 4.69) is 21.3 Å². The van der Waals surface area contributed by atoms with Gasteiger partial charge in [0.25, 0.3) is 0 Å². The van der Waals surface area contributed by atoms with Gasteiger partial charge in [-0.1, -0.05) is 35.3 Å². The summed E-state index contributed by atoms with van der Waals surface area (Å²) in [7, 11) is 0. The summed E-state index contributed by atoms with van der Waals surface area (Å²) < 4.78 is 0. The zero-order chi connectivity index (χ0) is 18.5. The maximum atomic E-state index is 13.0. The molecule has 1 aromatic rings. The van der Waals surface area contributed by atoms with Gasteiger partial charge >= 0.3 is 0 Å². The Morgan fingerprint density at radius 2 is 1.88 bits per heavy atom. The molecule has 26 heavy (non-hydrogen) atoms. The third-order valence-corrected chi connectivity index (χ3v) is 6.02. The van der Waals surface area contributed by atoms with Gasteiger partial charge in [0.15, 0.2) is 0 Å². The summed E-state index contributed by atoms with van der Waals surface area (Å²) in [5.74, 6) is 0.172. The number of amides is 1. The molecule has 6 heteroatoms. The predicted molar refractivity (Wildman–Crippen MR) is 108 cm³/mol. The topological polar surface area (TPSA) is 26.8 Å². The first-order valence-electron chi connectivity index (χ1n) is 9.36. The van der Waals surface area contributed by atoms with E-state index in [-0.39, 0.29) is 11.9 Å². The van der Waals surface area contributed by atoms with E-state index in [0.29, 0.717) is 16.5 Å². The Kier molecular flexibility index (Phi) is 6.98. The summed E-state index contributed by atoms with van der Waals surface area (Å²) in [5, 5.41) is 1.02. The standard InChI is InChI=1S/C20H27Cl2N3O/c1-2-7-23-10-11-25(17(14-23)15-24-8-3-4-9-24)20(26)13-16-5-6-18(21)19(22)12-16/h2,5-6,12,17H,1,3-4,7-11,13-15H2. The number of carbonyl (C=O) groups is 1. The molecule has 2 aliphatic heterocycles. The van der Waals surface area contributed by atoms with Gasteiger partial charge in [-0.05, 0) is 43.6 Å². The molecule has 0 saturated carbocycles.